The lowest BCUT2D eigenvalue weighted by atomic mass is 10.1. The third kappa shape index (κ3) is 3.87. The van der Waals surface area contributed by atoms with Crippen LogP contribution in [0.5, 0.6) is 0 Å². The van der Waals surface area contributed by atoms with Crippen molar-refractivity contribution in [2.45, 2.75) is 39.7 Å². The first kappa shape index (κ1) is 19.9. The molecule has 1 saturated heterocycles. The van der Waals surface area contributed by atoms with Crippen LogP contribution in [0.4, 0.5) is 0 Å². The van der Waals surface area contributed by atoms with Gasteiger partial charge < -0.3 is 14.7 Å². The van der Waals surface area contributed by atoms with Crippen molar-refractivity contribution in [2.24, 2.45) is 0 Å². The van der Waals surface area contributed by atoms with Gasteiger partial charge in [-0.25, -0.2) is 0 Å². The second-order valence-electron chi connectivity index (χ2n) is 7.80. The normalized spacial score (nSPS) is 14.9. The molecule has 0 aliphatic carbocycles. The van der Waals surface area contributed by atoms with Gasteiger partial charge in [0.05, 0.1) is 11.6 Å². The summed E-state index contributed by atoms with van der Waals surface area (Å²) >= 11 is 0. The van der Waals surface area contributed by atoms with Crippen LogP contribution in [0.25, 0.3) is 5.82 Å². The average Bonchev–Trinajstić information content (AvgIpc) is 3.41. The number of carbonyl (C=O) groups excluding carboxylic acids is 2. The topological polar surface area (TPSA) is 80.4 Å². The van der Waals surface area contributed by atoms with Crippen LogP contribution >= 0.6 is 0 Å². The van der Waals surface area contributed by atoms with Crippen LogP contribution in [0.3, 0.4) is 0 Å². The number of aromatic nitrogens is 2. The molecule has 1 aliphatic rings. The zero-order valence-corrected chi connectivity index (χ0v) is 17.5. The van der Waals surface area contributed by atoms with Crippen LogP contribution in [-0.4, -0.2) is 39.5 Å². The fraction of sp³-hybridized carbons (Fsp3) is 0.348. The highest BCUT2D eigenvalue weighted by atomic mass is 16.5. The average molecular weight is 406 g/mol. The van der Waals surface area contributed by atoms with E-state index in [0.717, 1.165) is 29.9 Å². The van der Waals surface area contributed by atoms with Crippen LogP contribution < -0.4 is 5.32 Å². The molecular weight excluding hydrogens is 380 g/mol. The fourth-order valence-electron chi connectivity index (χ4n) is 4.08. The molecule has 0 spiro atoms. The minimum Gasteiger partial charge on any atom is -0.360 e. The summed E-state index contributed by atoms with van der Waals surface area (Å²) in [5.41, 5.74) is 3.26. The van der Waals surface area contributed by atoms with Crippen molar-refractivity contribution in [2.75, 3.05) is 13.1 Å². The maximum absolute atomic E-state index is 13.2. The zero-order valence-electron chi connectivity index (χ0n) is 17.5. The summed E-state index contributed by atoms with van der Waals surface area (Å²) in [5, 5.41) is 7.22. The van der Waals surface area contributed by atoms with E-state index in [9.17, 15) is 9.59 Å². The smallest absolute Gasteiger partial charge is 0.253 e. The Bertz CT molecular complexity index is 1070. The van der Waals surface area contributed by atoms with Gasteiger partial charge in [-0.2, -0.15) is 0 Å². The Morgan fingerprint density at radius 3 is 2.60 bits per heavy atom. The van der Waals surface area contributed by atoms with Gasteiger partial charge in [0.15, 0.2) is 5.82 Å². The first-order valence-corrected chi connectivity index (χ1v) is 10.2. The fourth-order valence-corrected chi connectivity index (χ4v) is 4.08. The Balaban J connectivity index is 1.60. The molecule has 1 aliphatic heterocycles. The van der Waals surface area contributed by atoms with Crippen molar-refractivity contribution in [1.82, 2.24) is 19.9 Å². The van der Waals surface area contributed by atoms with E-state index >= 15 is 0 Å². The molecule has 3 heterocycles. The number of rotatable bonds is 6. The van der Waals surface area contributed by atoms with Crippen LogP contribution in [0, 0.1) is 20.8 Å². The monoisotopic (exact) mass is 406 g/mol. The summed E-state index contributed by atoms with van der Waals surface area (Å²) in [6.07, 6.45) is 1.44. The number of amides is 2. The lowest BCUT2D eigenvalue weighted by Gasteiger charge is -2.25. The second kappa shape index (κ2) is 8.18. The first-order chi connectivity index (χ1) is 14.4. The Morgan fingerprint density at radius 2 is 1.97 bits per heavy atom. The molecule has 1 aromatic carbocycles. The van der Waals surface area contributed by atoms with Crippen molar-refractivity contribution in [1.29, 1.82) is 0 Å². The predicted octanol–water partition coefficient (Wildman–Crippen LogP) is 3.48. The van der Waals surface area contributed by atoms with Crippen LogP contribution in [0.15, 0.2) is 47.0 Å². The molecule has 1 unspecified atom stereocenters. The summed E-state index contributed by atoms with van der Waals surface area (Å²) < 4.78 is 7.11. The molecule has 2 amide bonds. The third-order valence-electron chi connectivity index (χ3n) is 5.60. The molecule has 1 N–H and O–H groups in total. The molecule has 2 aromatic heterocycles. The minimum atomic E-state index is -0.280. The van der Waals surface area contributed by atoms with Crippen LogP contribution in [0.2, 0.25) is 0 Å². The second-order valence-corrected chi connectivity index (χ2v) is 7.80. The number of hydrogen-bond donors (Lipinski definition) is 1. The first-order valence-electron chi connectivity index (χ1n) is 10.2. The SMILES string of the molecule is Cc1cc(-n2c(C)cc(C(=O)NC(CN3CCCC3=O)c3ccccc3)c2C)no1. The molecular formula is C23H26N4O3. The van der Waals surface area contributed by atoms with E-state index in [-0.39, 0.29) is 17.9 Å². The van der Waals surface area contributed by atoms with E-state index in [4.69, 9.17) is 4.52 Å². The van der Waals surface area contributed by atoms with Crippen molar-refractivity contribution < 1.29 is 14.1 Å². The van der Waals surface area contributed by atoms with Crippen molar-refractivity contribution in [3.63, 3.8) is 0 Å². The van der Waals surface area contributed by atoms with E-state index in [1.54, 1.807) is 0 Å². The summed E-state index contributed by atoms with van der Waals surface area (Å²) in [5.74, 6) is 1.34. The van der Waals surface area contributed by atoms with E-state index in [0.29, 0.717) is 30.1 Å². The maximum Gasteiger partial charge on any atom is 0.253 e. The highest BCUT2D eigenvalue weighted by Crippen LogP contribution is 2.23. The number of nitrogens with zero attached hydrogens (tertiary/aromatic N) is 3. The largest absolute Gasteiger partial charge is 0.360 e. The summed E-state index contributed by atoms with van der Waals surface area (Å²) in [6.45, 7) is 6.87. The van der Waals surface area contributed by atoms with Gasteiger partial charge in [-0.15, -0.1) is 0 Å². The van der Waals surface area contributed by atoms with Crippen molar-refractivity contribution in [3.8, 4) is 5.82 Å². The van der Waals surface area contributed by atoms with E-state index < -0.39 is 0 Å². The van der Waals surface area contributed by atoms with Gasteiger partial charge in [-0.05, 0) is 38.8 Å². The number of benzene rings is 1. The molecule has 0 bridgehead atoms. The quantitative estimate of drug-likeness (QED) is 0.680. The Hall–Kier alpha value is -3.35. The summed E-state index contributed by atoms with van der Waals surface area (Å²) in [7, 11) is 0. The lowest BCUT2D eigenvalue weighted by Crippen LogP contribution is -2.38. The molecule has 7 nitrogen and oxygen atoms in total. The van der Waals surface area contributed by atoms with Crippen molar-refractivity contribution in [3.05, 3.63) is 70.7 Å². The predicted molar refractivity (Wildman–Crippen MR) is 113 cm³/mol. The van der Waals surface area contributed by atoms with Crippen molar-refractivity contribution >= 4 is 11.8 Å². The van der Waals surface area contributed by atoms with Crippen LogP contribution in [0.1, 0.15) is 52.0 Å². The lowest BCUT2D eigenvalue weighted by molar-refractivity contribution is -0.128. The Labute approximate surface area is 175 Å². The Kier molecular flexibility index (Phi) is 5.44. The Morgan fingerprint density at radius 1 is 1.20 bits per heavy atom. The molecule has 0 radical (unpaired) electrons. The standard InChI is InChI=1S/C23H26N4O3/c1-15-12-19(17(3)27(15)21-13-16(2)30-25-21)23(29)24-20(18-8-5-4-6-9-18)14-26-11-7-10-22(26)28/h4-6,8-9,12-13,20H,7,10-11,14H2,1-3H3,(H,24,29). The highest BCUT2D eigenvalue weighted by Gasteiger charge is 2.27. The molecule has 1 fully saturated rings. The molecule has 4 rings (SSSR count). The van der Waals surface area contributed by atoms with Gasteiger partial charge in [0.2, 0.25) is 5.91 Å². The van der Waals surface area contributed by atoms with Crippen LogP contribution in [-0.2, 0) is 4.79 Å². The van der Waals surface area contributed by atoms with Gasteiger partial charge in [-0.3, -0.25) is 14.2 Å². The number of aryl methyl sites for hydroxylation is 2. The van der Waals surface area contributed by atoms with Gasteiger partial charge in [-0.1, -0.05) is 35.5 Å². The number of carbonyl (C=O) groups is 2. The van der Waals surface area contributed by atoms with Gasteiger partial charge in [0.1, 0.15) is 5.76 Å². The minimum absolute atomic E-state index is 0.143. The zero-order chi connectivity index (χ0) is 21.3. The van der Waals surface area contributed by atoms with E-state index in [1.807, 2.05) is 72.7 Å². The molecule has 156 valence electrons. The van der Waals surface area contributed by atoms with Gasteiger partial charge in [0, 0.05) is 37.0 Å². The molecule has 3 aromatic rings. The van der Waals surface area contributed by atoms with Gasteiger partial charge in [0.25, 0.3) is 5.91 Å². The third-order valence-corrected chi connectivity index (χ3v) is 5.60. The van der Waals surface area contributed by atoms with E-state index in [1.165, 1.54) is 0 Å². The molecule has 1 atom stereocenters. The number of hydrogen-bond acceptors (Lipinski definition) is 4. The summed E-state index contributed by atoms with van der Waals surface area (Å²) in [6, 6.07) is 13.2. The number of likely N-dealkylation sites (tertiary alicyclic amines) is 1. The number of nitrogens with one attached hydrogen (secondary N) is 1. The molecule has 7 heteroatoms. The molecule has 0 saturated carbocycles. The maximum atomic E-state index is 13.2. The summed E-state index contributed by atoms with van der Waals surface area (Å²) in [4.78, 5) is 27.2. The van der Waals surface area contributed by atoms with Gasteiger partial charge >= 0.3 is 0 Å². The molecule has 30 heavy (non-hydrogen) atoms. The van der Waals surface area contributed by atoms with E-state index in [2.05, 4.69) is 10.5 Å². The highest BCUT2D eigenvalue weighted by molar-refractivity contribution is 5.96.